The van der Waals surface area contributed by atoms with Gasteiger partial charge in [0, 0.05) is 9.79 Å². The molecule has 0 amide bonds. The maximum absolute atomic E-state index is 11.0. The van der Waals surface area contributed by atoms with Gasteiger partial charge < -0.3 is 5.11 Å². The van der Waals surface area contributed by atoms with E-state index in [1.165, 1.54) is 28.2 Å². The summed E-state index contributed by atoms with van der Waals surface area (Å²) >= 11 is 3.45. The average molecular weight is 282 g/mol. The standard InChI is InChI=1S/C14H18O2S2/c1-17-10-5-6-11(13(7-10)18-2)12(8-14(15)16)9-3-4-9/h5-7,9,12H,3-4,8H2,1-2H3,(H,15,16). The molecule has 1 atom stereocenters. The second-order valence-corrected chi connectivity index (χ2v) is 6.38. The molecule has 0 radical (unpaired) electrons. The van der Waals surface area contributed by atoms with Crippen LogP contribution in [0.1, 0.15) is 30.7 Å². The molecule has 1 N–H and O–H groups in total. The second kappa shape index (κ2) is 6.02. The number of hydrogen-bond acceptors (Lipinski definition) is 3. The van der Waals surface area contributed by atoms with E-state index in [2.05, 4.69) is 30.7 Å². The fourth-order valence-corrected chi connectivity index (χ4v) is 3.56. The molecule has 1 saturated carbocycles. The number of aliphatic carboxylic acids is 1. The molecule has 0 bridgehead atoms. The van der Waals surface area contributed by atoms with Crippen molar-refractivity contribution in [2.24, 2.45) is 5.92 Å². The van der Waals surface area contributed by atoms with Gasteiger partial charge in [0.15, 0.2) is 0 Å². The summed E-state index contributed by atoms with van der Waals surface area (Å²) in [5.74, 6) is 0.0841. The van der Waals surface area contributed by atoms with Crippen molar-refractivity contribution in [3.8, 4) is 0 Å². The van der Waals surface area contributed by atoms with Gasteiger partial charge in [0.05, 0.1) is 6.42 Å². The Labute approximate surface area is 117 Å². The molecule has 0 aliphatic heterocycles. The third-order valence-electron chi connectivity index (χ3n) is 3.43. The highest BCUT2D eigenvalue weighted by Crippen LogP contribution is 2.47. The van der Waals surface area contributed by atoms with Gasteiger partial charge in [-0.15, -0.1) is 23.5 Å². The summed E-state index contributed by atoms with van der Waals surface area (Å²) in [6.07, 6.45) is 6.74. The fraction of sp³-hybridized carbons (Fsp3) is 0.500. The molecule has 1 aromatic carbocycles. The molecule has 0 aromatic heterocycles. The SMILES string of the molecule is CSc1ccc(C(CC(=O)O)C2CC2)c(SC)c1. The highest BCUT2D eigenvalue weighted by Gasteiger charge is 2.34. The van der Waals surface area contributed by atoms with E-state index in [9.17, 15) is 4.79 Å². The lowest BCUT2D eigenvalue weighted by Gasteiger charge is -2.18. The van der Waals surface area contributed by atoms with Gasteiger partial charge in [-0.3, -0.25) is 4.79 Å². The lowest BCUT2D eigenvalue weighted by atomic mass is 9.91. The van der Waals surface area contributed by atoms with Gasteiger partial charge in [0.1, 0.15) is 0 Å². The lowest BCUT2D eigenvalue weighted by Crippen LogP contribution is -2.09. The first-order chi connectivity index (χ1) is 8.65. The first-order valence-corrected chi connectivity index (χ1v) is 8.54. The van der Waals surface area contributed by atoms with Crippen LogP contribution in [0.3, 0.4) is 0 Å². The van der Waals surface area contributed by atoms with Crippen LogP contribution in [0, 0.1) is 5.92 Å². The molecule has 1 aliphatic rings. The van der Waals surface area contributed by atoms with Gasteiger partial charge in [0.2, 0.25) is 0 Å². The second-order valence-electron chi connectivity index (χ2n) is 4.65. The number of carbonyl (C=O) groups is 1. The molecule has 18 heavy (non-hydrogen) atoms. The van der Waals surface area contributed by atoms with E-state index < -0.39 is 5.97 Å². The number of carboxylic acid groups (broad SMARTS) is 1. The van der Waals surface area contributed by atoms with Crippen LogP contribution in [-0.2, 0) is 4.79 Å². The third-order valence-corrected chi connectivity index (χ3v) is 4.94. The van der Waals surface area contributed by atoms with Crippen LogP contribution in [0.5, 0.6) is 0 Å². The average Bonchev–Trinajstić information content (AvgIpc) is 3.19. The normalized spacial score (nSPS) is 16.6. The molecule has 1 aromatic rings. The maximum Gasteiger partial charge on any atom is 0.303 e. The van der Waals surface area contributed by atoms with Crippen molar-refractivity contribution in [1.29, 1.82) is 0 Å². The monoisotopic (exact) mass is 282 g/mol. The van der Waals surface area contributed by atoms with Crippen LogP contribution in [-0.4, -0.2) is 23.6 Å². The van der Waals surface area contributed by atoms with Crippen LogP contribution in [0.15, 0.2) is 28.0 Å². The largest absolute Gasteiger partial charge is 0.481 e. The molecule has 1 fully saturated rings. The summed E-state index contributed by atoms with van der Waals surface area (Å²) in [5, 5.41) is 9.08. The molecule has 2 nitrogen and oxygen atoms in total. The van der Waals surface area contributed by atoms with E-state index >= 15 is 0 Å². The Morgan fingerprint density at radius 3 is 2.61 bits per heavy atom. The molecule has 4 heteroatoms. The van der Waals surface area contributed by atoms with Crippen molar-refractivity contribution in [2.45, 2.75) is 35.0 Å². The van der Waals surface area contributed by atoms with Crippen molar-refractivity contribution in [3.63, 3.8) is 0 Å². The van der Waals surface area contributed by atoms with Gasteiger partial charge in [-0.1, -0.05) is 6.07 Å². The van der Waals surface area contributed by atoms with Crippen molar-refractivity contribution in [3.05, 3.63) is 23.8 Å². The third kappa shape index (κ3) is 3.23. The topological polar surface area (TPSA) is 37.3 Å². The summed E-state index contributed by atoms with van der Waals surface area (Å²) in [6, 6.07) is 6.42. The lowest BCUT2D eigenvalue weighted by molar-refractivity contribution is -0.137. The Kier molecular flexibility index (Phi) is 4.62. The zero-order chi connectivity index (χ0) is 13.1. The first-order valence-electron chi connectivity index (χ1n) is 6.09. The molecule has 0 heterocycles. The van der Waals surface area contributed by atoms with Crippen molar-refractivity contribution >= 4 is 29.5 Å². The summed E-state index contributed by atoms with van der Waals surface area (Å²) in [6.45, 7) is 0. The Bertz CT molecular complexity index is 441. The van der Waals surface area contributed by atoms with Gasteiger partial charge >= 0.3 is 5.97 Å². The van der Waals surface area contributed by atoms with Gasteiger partial charge in [-0.05, 0) is 54.9 Å². The summed E-state index contributed by atoms with van der Waals surface area (Å²) < 4.78 is 0. The molecule has 98 valence electrons. The molecule has 2 rings (SSSR count). The van der Waals surface area contributed by atoms with E-state index in [4.69, 9.17) is 5.11 Å². The minimum absolute atomic E-state index is 0.195. The van der Waals surface area contributed by atoms with E-state index in [0.717, 1.165) is 0 Å². The van der Waals surface area contributed by atoms with Crippen molar-refractivity contribution < 1.29 is 9.90 Å². The number of carboxylic acids is 1. The van der Waals surface area contributed by atoms with E-state index in [1.54, 1.807) is 23.5 Å². The van der Waals surface area contributed by atoms with Gasteiger partial charge in [-0.25, -0.2) is 0 Å². The number of thioether (sulfide) groups is 2. The quantitative estimate of drug-likeness (QED) is 0.797. The fourth-order valence-electron chi connectivity index (χ4n) is 2.34. The van der Waals surface area contributed by atoms with Crippen LogP contribution in [0.25, 0.3) is 0 Å². The molecular weight excluding hydrogens is 264 g/mol. The zero-order valence-corrected chi connectivity index (χ0v) is 12.3. The molecule has 1 unspecified atom stereocenters. The summed E-state index contributed by atoms with van der Waals surface area (Å²) in [5.41, 5.74) is 1.23. The van der Waals surface area contributed by atoms with Crippen molar-refractivity contribution in [2.75, 3.05) is 12.5 Å². The Morgan fingerprint density at radius 2 is 2.11 bits per heavy atom. The molecule has 0 saturated heterocycles. The summed E-state index contributed by atoms with van der Waals surface area (Å²) in [4.78, 5) is 13.5. The number of benzene rings is 1. The number of hydrogen-bond donors (Lipinski definition) is 1. The first kappa shape index (κ1) is 13.8. The summed E-state index contributed by atoms with van der Waals surface area (Å²) in [7, 11) is 0. The maximum atomic E-state index is 11.0. The smallest absolute Gasteiger partial charge is 0.303 e. The Balaban J connectivity index is 2.31. The number of rotatable bonds is 6. The highest BCUT2D eigenvalue weighted by molar-refractivity contribution is 7.99. The molecular formula is C14H18O2S2. The zero-order valence-electron chi connectivity index (χ0n) is 10.7. The minimum Gasteiger partial charge on any atom is -0.481 e. The predicted octanol–water partition coefficient (Wildman–Crippen LogP) is 4.10. The Hall–Kier alpha value is -0.610. The van der Waals surface area contributed by atoms with Crippen LogP contribution in [0.4, 0.5) is 0 Å². The van der Waals surface area contributed by atoms with Gasteiger partial charge in [0.25, 0.3) is 0 Å². The van der Waals surface area contributed by atoms with Crippen LogP contribution >= 0.6 is 23.5 Å². The minimum atomic E-state index is -0.687. The van der Waals surface area contributed by atoms with E-state index in [1.807, 2.05) is 0 Å². The Morgan fingerprint density at radius 1 is 1.39 bits per heavy atom. The molecule has 0 spiro atoms. The van der Waals surface area contributed by atoms with Crippen molar-refractivity contribution in [1.82, 2.24) is 0 Å². The van der Waals surface area contributed by atoms with Gasteiger partial charge in [-0.2, -0.15) is 0 Å². The van der Waals surface area contributed by atoms with E-state index in [-0.39, 0.29) is 12.3 Å². The molecule has 1 aliphatic carbocycles. The van der Waals surface area contributed by atoms with Crippen LogP contribution in [0.2, 0.25) is 0 Å². The predicted molar refractivity (Wildman–Crippen MR) is 77.7 cm³/mol. The van der Waals surface area contributed by atoms with E-state index in [0.29, 0.717) is 5.92 Å². The van der Waals surface area contributed by atoms with Crippen LogP contribution < -0.4 is 0 Å². The highest BCUT2D eigenvalue weighted by atomic mass is 32.2.